The molecule has 1 aromatic heterocycles. The van der Waals surface area contributed by atoms with Gasteiger partial charge in [0.2, 0.25) is 11.8 Å². The lowest BCUT2D eigenvalue weighted by atomic mass is 9.72. The van der Waals surface area contributed by atoms with Crippen LogP contribution < -0.4 is 14.4 Å². The molecule has 2 aromatic rings. The van der Waals surface area contributed by atoms with E-state index >= 15 is 0 Å². The Kier molecular flexibility index (Phi) is 5.06. The van der Waals surface area contributed by atoms with Crippen LogP contribution in [0.15, 0.2) is 42.9 Å². The molecule has 0 atom stereocenters. The summed E-state index contributed by atoms with van der Waals surface area (Å²) in [5.41, 5.74) is 0.156. The van der Waals surface area contributed by atoms with E-state index in [-0.39, 0.29) is 17.8 Å². The van der Waals surface area contributed by atoms with Gasteiger partial charge < -0.3 is 14.4 Å². The van der Waals surface area contributed by atoms with Crippen LogP contribution in [0.2, 0.25) is 0 Å². The topological polar surface area (TPSA) is 64.6 Å². The zero-order valence-electron chi connectivity index (χ0n) is 15.6. The Labute approximate surface area is 165 Å². The molecule has 154 valence electrons. The summed E-state index contributed by atoms with van der Waals surface area (Å²) in [7, 11) is 0. The van der Waals surface area contributed by atoms with Crippen LogP contribution in [0.5, 0.6) is 11.6 Å². The Morgan fingerprint density at radius 3 is 2.41 bits per heavy atom. The van der Waals surface area contributed by atoms with Crippen molar-refractivity contribution in [1.29, 1.82) is 0 Å². The number of anilines is 1. The van der Waals surface area contributed by atoms with Gasteiger partial charge in [-0.3, -0.25) is 9.78 Å². The summed E-state index contributed by atoms with van der Waals surface area (Å²) < 4.78 is 46.7. The van der Waals surface area contributed by atoms with E-state index < -0.39 is 11.8 Å². The molecular weight excluding hydrogens is 387 g/mol. The minimum atomic E-state index is -4.74. The van der Waals surface area contributed by atoms with Crippen molar-refractivity contribution in [2.45, 2.75) is 44.6 Å². The Morgan fingerprint density at radius 1 is 1.07 bits per heavy atom. The fourth-order valence-electron chi connectivity index (χ4n) is 4.14. The molecule has 0 bridgehead atoms. The largest absolute Gasteiger partial charge is 0.573 e. The molecule has 1 saturated heterocycles. The maximum Gasteiger partial charge on any atom is 0.573 e. The molecule has 1 amide bonds. The first-order valence-corrected chi connectivity index (χ1v) is 9.45. The zero-order valence-corrected chi connectivity index (χ0v) is 15.6. The third-order valence-electron chi connectivity index (χ3n) is 5.61. The predicted octanol–water partition coefficient (Wildman–Crippen LogP) is 4.12. The minimum absolute atomic E-state index is 0.00187. The summed E-state index contributed by atoms with van der Waals surface area (Å²) in [5.74, 6) is 0.207. The molecule has 0 radical (unpaired) electrons. The van der Waals surface area contributed by atoms with E-state index in [1.165, 1.54) is 24.3 Å². The van der Waals surface area contributed by atoms with Crippen molar-refractivity contribution in [3.63, 3.8) is 0 Å². The molecule has 2 aliphatic rings. The number of benzene rings is 1. The van der Waals surface area contributed by atoms with Crippen LogP contribution in [0.25, 0.3) is 0 Å². The highest BCUT2D eigenvalue weighted by molar-refractivity contribution is 6.00. The van der Waals surface area contributed by atoms with Gasteiger partial charge in [0.1, 0.15) is 11.9 Å². The Balaban J connectivity index is 1.38. The van der Waals surface area contributed by atoms with Gasteiger partial charge in [-0.2, -0.15) is 0 Å². The number of ether oxygens (including phenoxy) is 2. The second-order valence-corrected chi connectivity index (χ2v) is 7.39. The Hall–Kier alpha value is -2.84. The second-order valence-electron chi connectivity index (χ2n) is 7.39. The molecule has 4 rings (SSSR count). The number of carbonyl (C=O) groups is 1. The molecule has 2 heterocycles. The molecule has 1 aliphatic heterocycles. The second kappa shape index (κ2) is 7.53. The summed E-state index contributed by atoms with van der Waals surface area (Å²) >= 11 is 0. The van der Waals surface area contributed by atoms with E-state index in [0.29, 0.717) is 31.0 Å². The van der Waals surface area contributed by atoms with E-state index in [0.717, 1.165) is 19.3 Å². The van der Waals surface area contributed by atoms with Gasteiger partial charge in [-0.1, -0.05) is 0 Å². The summed E-state index contributed by atoms with van der Waals surface area (Å²) in [4.78, 5) is 22.9. The first kappa shape index (κ1) is 19.5. The predicted molar refractivity (Wildman–Crippen MR) is 97.4 cm³/mol. The Bertz CT molecular complexity index is 851. The number of alkyl halides is 3. The molecule has 1 spiro atoms. The van der Waals surface area contributed by atoms with Crippen LogP contribution >= 0.6 is 0 Å². The molecule has 9 heteroatoms. The first-order valence-electron chi connectivity index (χ1n) is 9.45. The molecule has 1 aromatic carbocycles. The van der Waals surface area contributed by atoms with Crippen LogP contribution in [0, 0.1) is 5.41 Å². The average molecular weight is 407 g/mol. The zero-order chi connectivity index (χ0) is 20.5. The standard InChI is InChI=1S/C20H20F3N3O3/c21-20(22,23)29-16-3-1-14(2-4-16)26-12-9-19(18(26)27)7-5-15(6-8-19)28-17-13-24-10-11-25-17/h1-4,10-11,13,15H,5-9,12H2/t15-,19+. The maximum atomic E-state index is 13.1. The van der Waals surface area contributed by atoms with Crippen molar-refractivity contribution in [3.05, 3.63) is 42.9 Å². The number of rotatable bonds is 4. The lowest BCUT2D eigenvalue weighted by Gasteiger charge is -2.35. The van der Waals surface area contributed by atoms with Crippen molar-refractivity contribution < 1.29 is 27.4 Å². The van der Waals surface area contributed by atoms with Crippen LogP contribution in [0.3, 0.4) is 0 Å². The van der Waals surface area contributed by atoms with Gasteiger partial charge >= 0.3 is 6.36 Å². The third kappa shape index (κ3) is 4.28. The quantitative estimate of drug-likeness (QED) is 0.763. The average Bonchev–Trinajstić information content (AvgIpc) is 3.00. The normalized spacial score (nSPS) is 24.7. The fourth-order valence-corrected chi connectivity index (χ4v) is 4.14. The summed E-state index contributed by atoms with van der Waals surface area (Å²) in [6.07, 6.45) is 3.62. The maximum absolute atomic E-state index is 13.1. The molecule has 1 aliphatic carbocycles. The van der Waals surface area contributed by atoms with E-state index in [1.54, 1.807) is 23.5 Å². The van der Waals surface area contributed by atoms with Gasteiger partial charge in [0.05, 0.1) is 11.6 Å². The van der Waals surface area contributed by atoms with E-state index in [9.17, 15) is 18.0 Å². The van der Waals surface area contributed by atoms with Crippen LogP contribution in [-0.2, 0) is 4.79 Å². The molecular formula is C20H20F3N3O3. The monoisotopic (exact) mass is 407 g/mol. The number of nitrogens with zero attached hydrogens (tertiary/aromatic N) is 3. The molecule has 2 fully saturated rings. The van der Waals surface area contributed by atoms with Crippen molar-refractivity contribution >= 4 is 11.6 Å². The number of carbonyl (C=O) groups excluding carboxylic acids is 1. The first-order chi connectivity index (χ1) is 13.8. The van der Waals surface area contributed by atoms with Crippen molar-refractivity contribution in [2.75, 3.05) is 11.4 Å². The number of hydrogen-bond acceptors (Lipinski definition) is 5. The van der Waals surface area contributed by atoms with Gasteiger partial charge in [0.15, 0.2) is 0 Å². The van der Waals surface area contributed by atoms with Gasteiger partial charge in [-0.05, 0) is 56.4 Å². The summed E-state index contributed by atoms with van der Waals surface area (Å²) in [6.45, 7) is 0.550. The van der Waals surface area contributed by atoms with Crippen LogP contribution in [0.4, 0.5) is 18.9 Å². The van der Waals surface area contributed by atoms with Crippen LogP contribution in [0.1, 0.15) is 32.1 Å². The number of amides is 1. The van der Waals surface area contributed by atoms with Crippen molar-refractivity contribution in [1.82, 2.24) is 9.97 Å². The van der Waals surface area contributed by atoms with E-state index in [4.69, 9.17) is 4.74 Å². The highest BCUT2D eigenvalue weighted by atomic mass is 19.4. The molecule has 0 unspecified atom stereocenters. The molecule has 1 saturated carbocycles. The lowest BCUT2D eigenvalue weighted by molar-refractivity contribution is -0.274. The van der Waals surface area contributed by atoms with Crippen molar-refractivity contribution in [2.24, 2.45) is 5.41 Å². The van der Waals surface area contributed by atoms with E-state index in [1.807, 2.05) is 0 Å². The van der Waals surface area contributed by atoms with Crippen molar-refractivity contribution in [3.8, 4) is 11.6 Å². The highest BCUT2D eigenvalue weighted by Gasteiger charge is 2.49. The van der Waals surface area contributed by atoms with Gasteiger partial charge in [0, 0.05) is 24.6 Å². The minimum Gasteiger partial charge on any atom is -0.473 e. The lowest BCUT2D eigenvalue weighted by Crippen LogP contribution is -2.39. The van der Waals surface area contributed by atoms with Gasteiger partial charge in [-0.25, -0.2) is 4.98 Å². The number of aromatic nitrogens is 2. The number of halogens is 3. The van der Waals surface area contributed by atoms with Gasteiger partial charge in [0.25, 0.3) is 0 Å². The third-order valence-corrected chi connectivity index (χ3v) is 5.61. The summed E-state index contributed by atoms with van der Waals surface area (Å²) in [5, 5.41) is 0. The van der Waals surface area contributed by atoms with Gasteiger partial charge in [-0.15, -0.1) is 13.2 Å². The molecule has 0 N–H and O–H groups in total. The SMILES string of the molecule is O=C1N(c2ccc(OC(F)(F)F)cc2)CC[C@]12CC[C@H](Oc1cnccn1)CC2. The van der Waals surface area contributed by atoms with E-state index in [2.05, 4.69) is 14.7 Å². The smallest absolute Gasteiger partial charge is 0.473 e. The highest BCUT2D eigenvalue weighted by Crippen LogP contribution is 2.46. The number of hydrogen-bond donors (Lipinski definition) is 0. The molecule has 6 nitrogen and oxygen atoms in total. The summed E-state index contributed by atoms with van der Waals surface area (Å²) in [6, 6.07) is 5.43. The fraction of sp³-hybridized carbons (Fsp3) is 0.450. The Morgan fingerprint density at radius 2 is 1.79 bits per heavy atom. The van der Waals surface area contributed by atoms with Crippen LogP contribution in [-0.4, -0.2) is 34.9 Å². The molecule has 29 heavy (non-hydrogen) atoms.